The van der Waals surface area contributed by atoms with E-state index in [1.165, 1.54) is 20.1 Å². The van der Waals surface area contributed by atoms with Crippen LogP contribution in [-0.2, 0) is 21.2 Å². The summed E-state index contributed by atoms with van der Waals surface area (Å²) in [6.07, 6.45) is -5.12. The van der Waals surface area contributed by atoms with Crippen molar-refractivity contribution in [3.8, 4) is 10.4 Å². The number of thiazole rings is 1. The monoisotopic (exact) mass is 548 g/mol. The largest absolute Gasteiger partial charge is 0.476 e. The molecule has 2 N–H and O–H groups in total. The third-order valence-corrected chi connectivity index (χ3v) is 8.33. The standard InChI is InChI=1S/C19H21Cl2F3N2O5S2/c1-5-12(19(22,23)24)26-33(29,30)11-7-6-9(13(20)14(11)21)15-10(8-18(2,3)31-4)25-16(32-15)17(27)28/h6-7,12,26H,5,8H2,1-4H3,(H,27,28). The van der Waals surface area contributed by atoms with Gasteiger partial charge in [-0.15, -0.1) is 11.3 Å². The summed E-state index contributed by atoms with van der Waals surface area (Å²) in [7, 11) is -3.19. The van der Waals surface area contributed by atoms with E-state index in [9.17, 15) is 31.5 Å². The van der Waals surface area contributed by atoms with Crippen LogP contribution in [0, 0.1) is 0 Å². The van der Waals surface area contributed by atoms with Gasteiger partial charge in [0.2, 0.25) is 15.0 Å². The van der Waals surface area contributed by atoms with Crippen LogP contribution >= 0.6 is 34.5 Å². The summed E-state index contributed by atoms with van der Waals surface area (Å²) in [4.78, 5) is 15.3. The maximum Gasteiger partial charge on any atom is 0.404 e. The lowest BCUT2D eigenvalue weighted by atomic mass is 10.00. The second-order valence-corrected chi connectivity index (χ2v) is 11.0. The highest BCUT2D eigenvalue weighted by Gasteiger charge is 2.41. The van der Waals surface area contributed by atoms with Crippen molar-refractivity contribution in [1.82, 2.24) is 9.71 Å². The van der Waals surface area contributed by atoms with E-state index >= 15 is 0 Å². The zero-order chi connectivity index (χ0) is 25.4. The Morgan fingerprint density at radius 1 is 1.27 bits per heavy atom. The Morgan fingerprint density at radius 2 is 1.88 bits per heavy atom. The molecule has 0 aliphatic heterocycles. The summed E-state index contributed by atoms with van der Waals surface area (Å²) in [6.45, 7) is 4.71. The molecule has 0 amide bonds. The van der Waals surface area contributed by atoms with E-state index in [-0.39, 0.29) is 22.0 Å². The molecule has 33 heavy (non-hydrogen) atoms. The van der Waals surface area contributed by atoms with Crippen molar-refractivity contribution in [3.05, 3.63) is 32.9 Å². The molecule has 2 aromatic rings. The van der Waals surface area contributed by atoms with Gasteiger partial charge in [0, 0.05) is 19.1 Å². The molecule has 1 heterocycles. The van der Waals surface area contributed by atoms with Crippen LogP contribution in [0.4, 0.5) is 13.2 Å². The van der Waals surface area contributed by atoms with E-state index in [1.807, 2.05) is 0 Å². The number of aromatic nitrogens is 1. The number of aromatic carboxylic acids is 1. The van der Waals surface area contributed by atoms with Crippen LogP contribution in [0.5, 0.6) is 0 Å². The number of hydrogen-bond donors (Lipinski definition) is 2. The third kappa shape index (κ3) is 6.37. The highest BCUT2D eigenvalue weighted by molar-refractivity contribution is 7.89. The van der Waals surface area contributed by atoms with Gasteiger partial charge in [0.15, 0.2) is 0 Å². The summed E-state index contributed by atoms with van der Waals surface area (Å²) in [6, 6.07) is -0.0420. The SMILES string of the molecule is CCC(NS(=O)(=O)c1ccc(-c2sc(C(=O)O)nc2CC(C)(C)OC)c(Cl)c1Cl)C(F)(F)F. The average molecular weight is 549 g/mol. The van der Waals surface area contributed by atoms with Crippen LogP contribution in [0.25, 0.3) is 10.4 Å². The Kier molecular flexibility index (Phi) is 8.46. The van der Waals surface area contributed by atoms with Gasteiger partial charge in [0.05, 0.1) is 26.2 Å². The topological polar surface area (TPSA) is 106 Å². The molecule has 0 aliphatic carbocycles. The summed E-state index contributed by atoms with van der Waals surface area (Å²) in [5, 5.41) is 8.36. The van der Waals surface area contributed by atoms with Gasteiger partial charge in [-0.05, 0) is 26.3 Å². The van der Waals surface area contributed by atoms with Crippen LogP contribution in [0.3, 0.4) is 0 Å². The molecule has 0 bridgehead atoms. The van der Waals surface area contributed by atoms with Gasteiger partial charge < -0.3 is 9.84 Å². The summed E-state index contributed by atoms with van der Waals surface area (Å²) in [5.41, 5.74) is -0.191. The Labute approximate surface area is 202 Å². The van der Waals surface area contributed by atoms with E-state index in [0.29, 0.717) is 10.6 Å². The molecular formula is C19H21Cl2F3N2O5S2. The Balaban J connectivity index is 2.59. The quantitative estimate of drug-likeness (QED) is 0.434. The van der Waals surface area contributed by atoms with Crippen LogP contribution in [0.1, 0.15) is 42.7 Å². The number of halogens is 5. The number of alkyl halides is 3. The number of sulfonamides is 1. The van der Waals surface area contributed by atoms with Gasteiger partial charge in [-0.3, -0.25) is 0 Å². The van der Waals surface area contributed by atoms with Crippen LogP contribution in [0.2, 0.25) is 10.0 Å². The first-order valence-electron chi connectivity index (χ1n) is 9.39. The summed E-state index contributed by atoms with van der Waals surface area (Å²) < 4.78 is 71.3. The molecule has 1 unspecified atom stereocenters. The minimum absolute atomic E-state index is 0.190. The molecule has 1 atom stereocenters. The average Bonchev–Trinajstić information content (AvgIpc) is 3.10. The van der Waals surface area contributed by atoms with E-state index in [1.54, 1.807) is 18.6 Å². The van der Waals surface area contributed by atoms with Crippen molar-refractivity contribution in [3.63, 3.8) is 0 Å². The predicted octanol–water partition coefficient (Wildman–Crippen LogP) is 5.40. The van der Waals surface area contributed by atoms with Gasteiger partial charge in [-0.1, -0.05) is 36.2 Å². The van der Waals surface area contributed by atoms with Gasteiger partial charge in [0.25, 0.3) is 0 Å². The lowest BCUT2D eigenvalue weighted by Crippen LogP contribution is -2.44. The van der Waals surface area contributed by atoms with Crippen LogP contribution in [0.15, 0.2) is 17.0 Å². The lowest BCUT2D eigenvalue weighted by molar-refractivity contribution is -0.151. The molecule has 1 aromatic heterocycles. The Hall–Kier alpha value is -1.44. The normalized spacial score (nSPS) is 13.8. The molecular weight excluding hydrogens is 528 g/mol. The van der Waals surface area contributed by atoms with Crippen LogP contribution < -0.4 is 4.72 Å². The van der Waals surface area contributed by atoms with Crippen molar-refractivity contribution in [2.24, 2.45) is 0 Å². The predicted molar refractivity (Wildman–Crippen MR) is 120 cm³/mol. The van der Waals surface area contributed by atoms with Crippen molar-refractivity contribution < 1.29 is 36.2 Å². The fourth-order valence-electron chi connectivity index (χ4n) is 2.80. The van der Waals surface area contributed by atoms with Gasteiger partial charge in [-0.2, -0.15) is 17.9 Å². The first-order valence-corrected chi connectivity index (χ1v) is 12.4. The molecule has 0 fully saturated rings. The second kappa shape index (κ2) is 10.0. The molecule has 0 saturated heterocycles. The highest BCUT2D eigenvalue weighted by atomic mass is 35.5. The zero-order valence-electron chi connectivity index (χ0n) is 17.9. The Morgan fingerprint density at radius 3 is 2.36 bits per heavy atom. The van der Waals surface area contributed by atoms with Gasteiger partial charge >= 0.3 is 12.1 Å². The molecule has 0 aliphatic rings. The number of carbonyl (C=O) groups is 1. The molecule has 2 rings (SSSR count). The minimum Gasteiger partial charge on any atom is -0.476 e. The fourth-order valence-corrected chi connectivity index (χ4v) is 5.98. The molecule has 14 heteroatoms. The number of methoxy groups -OCH3 is 1. The summed E-state index contributed by atoms with van der Waals surface area (Å²) in [5.74, 6) is -1.27. The number of hydrogen-bond acceptors (Lipinski definition) is 6. The Bertz CT molecular complexity index is 1150. The lowest BCUT2D eigenvalue weighted by Gasteiger charge is -2.22. The van der Waals surface area contributed by atoms with Crippen molar-refractivity contribution in [2.45, 2.75) is 56.3 Å². The first kappa shape index (κ1) is 27.8. The number of nitrogens with zero attached hydrogens (tertiary/aromatic N) is 1. The second-order valence-electron chi connectivity index (χ2n) is 7.60. The molecule has 0 saturated carbocycles. The maximum atomic E-state index is 13.1. The minimum atomic E-state index is -4.79. The highest BCUT2D eigenvalue weighted by Crippen LogP contribution is 2.42. The maximum absolute atomic E-state index is 13.1. The summed E-state index contributed by atoms with van der Waals surface area (Å²) >= 11 is 13.3. The fraction of sp³-hybridized carbons (Fsp3) is 0.474. The third-order valence-electron chi connectivity index (χ3n) is 4.71. The van der Waals surface area contributed by atoms with E-state index in [2.05, 4.69) is 4.98 Å². The van der Waals surface area contributed by atoms with Crippen molar-refractivity contribution in [2.75, 3.05) is 7.11 Å². The zero-order valence-corrected chi connectivity index (χ0v) is 21.0. The molecule has 1 aromatic carbocycles. The number of ether oxygens (including phenoxy) is 1. The number of nitrogens with one attached hydrogen (secondary N) is 1. The smallest absolute Gasteiger partial charge is 0.404 e. The molecule has 0 radical (unpaired) electrons. The molecule has 0 spiro atoms. The van der Waals surface area contributed by atoms with Crippen molar-refractivity contribution in [1.29, 1.82) is 0 Å². The molecule has 184 valence electrons. The number of carboxylic acids is 1. The van der Waals surface area contributed by atoms with Gasteiger partial charge in [-0.25, -0.2) is 18.2 Å². The number of carboxylic acid groups (broad SMARTS) is 1. The van der Waals surface area contributed by atoms with Crippen LogP contribution in [-0.4, -0.2) is 49.4 Å². The van der Waals surface area contributed by atoms with E-state index < -0.39 is 50.2 Å². The van der Waals surface area contributed by atoms with Crippen molar-refractivity contribution >= 4 is 50.5 Å². The van der Waals surface area contributed by atoms with Gasteiger partial charge in [0.1, 0.15) is 10.9 Å². The molecule has 7 nitrogen and oxygen atoms in total. The number of benzene rings is 1. The first-order chi connectivity index (χ1) is 15.0. The van der Waals surface area contributed by atoms with E-state index in [0.717, 1.165) is 17.4 Å². The van der Waals surface area contributed by atoms with E-state index in [4.69, 9.17) is 27.9 Å². The number of rotatable bonds is 9.